The van der Waals surface area contributed by atoms with Gasteiger partial charge in [0.05, 0.1) is 0 Å². The molecule has 0 aliphatic heterocycles. The number of primary amides is 1. The van der Waals surface area contributed by atoms with Crippen molar-refractivity contribution in [1.29, 1.82) is 0 Å². The molecule has 0 heterocycles. The number of urea groups is 1. The van der Waals surface area contributed by atoms with E-state index in [-0.39, 0.29) is 12.5 Å². The molecule has 7 nitrogen and oxygen atoms in total. The molecule has 0 bridgehead atoms. The lowest BCUT2D eigenvalue weighted by molar-refractivity contribution is -0.145. The third-order valence-electron chi connectivity index (χ3n) is 2.22. The SMILES string of the molecule is C=CCN(CC(=O)O)C(=O)C(NC(N)=O)C(C)C. The van der Waals surface area contributed by atoms with E-state index in [9.17, 15) is 14.4 Å². The van der Waals surface area contributed by atoms with Gasteiger partial charge < -0.3 is 21.1 Å². The quantitative estimate of drug-likeness (QED) is 0.547. The summed E-state index contributed by atoms with van der Waals surface area (Å²) in [6.07, 6.45) is 1.42. The van der Waals surface area contributed by atoms with Gasteiger partial charge >= 0.3 is 12.0 Å². The highest BCUT2D eigenvalue weighted by Crippen LogP contribution is 2.06. The second kappa shape index (κ2) is 7.31. The van der Waals surface area contributed by atoms with E-state index in [1.807, 2.05) is 0 Å². The lowest BCUT2D eigenvalue weighted by Gasteiger charge is -2.27. The molecule has 0 spiro atoms. The number of rotatable bonds is 7. The van der Waals surface area contributed by atoms with Crippen molar-refractivity contribution in [2.75, 3.05) is 13.1 Å². The number of nitrogens with two attached hydrogens (primary N) is 1. The van der Waals surface area contributed by atoms with Crippen LogP contribution in [0, 0.1) is 5.92 Å². The average molecular weight is 257 g/mol. The maximum Gasteiger partial charge on any atom is 0.323 e. The summed E-state index contributed by atoms with van der Waals surface area (Å²) in [4.78, 5) is 34.7. The van der Waals surface area contributed by atoms with Gasteiger partial charge in [0.1, 0.15) is 12.6 Å². The van der Waals surface area contributed by atoms with Crippen molar-refractivity contribution in [3.63, 3.8) is 0 Å². The number of hydrogen-bond acceptors (Lipinski definition) is 3. The Labute approximate surface area is 106 Å². The Morgan fingerprint density at radius 1 is 1.44 bits per heavy atom. The number of aliphatic carboxylic acids is 1. The Kier molecular flexibility index (Phi) is 6.48. The fourth-order valence-electron chi connectivity index (χ4n) is 1.42. The van der Waals surface area contributed by atoms with Crippen molar-refractivity contribution in [1.82, 2.24) is 10.2 Å². The smallest absolute Gasteiger partial charge is 0.323 e. The third kappa shape index (κ3) is 5.33. The number of carboxylic acids is 1. The van der Waals surface area contributed by atoms with Crippen molar-refractivity contribution < 1.29 is 19.5 Å². The summed E-state index contributed by atoms with van der Waals surface area (Å²) in [5.74, 6) is -1.83. The largest absolute Gasteiger partial charge is 0.480 e. The molecule has 0 fully saturated rings. The van der Waals surface area contributed by atoms with E-state index in [0.717, 1.165) is 4.90 Å². The highest BCUT2D eigenvalue weighted by Gasteiger charge is 2.28. The highest BCUT2D eigenvalue weighted by atomic mass is 16.4. The zero-order valence-electron chi connectivity index (χ0n) is 10.5. The standard InChI is InChI=1S/C11H19N3O4/c1-4-5-14(6-8(15)16)10(17)9(7(2)3)13-11(12)18/h4,7,9H,1,5-6H2,2-3H3,(H,15,16)(H3,12,13,18). The first-order valence-corrected chi connectivity index (χ1v) is 5.47. The van der Waals surface area contributed by atoms with Gasteiger partial charge in [-0.3, -0.25) is 9.59 Å². The molecule has 7 heteroatoms. The van der Waals surface area contributed by atoms with Crippen molar-refractivity contribution in [2.24, 2.45) is 11.7 Å². The van der Waals surface area contributed by atoms with Crippen LogP contribution in [0.2, 0.25) is 0 Å². The summed E-state index contributed by atoms with van der Waals surface area (Å²) in [7, 11) is 0. The molecular weight excluding hydrogens is 238 g/mol. The van der Waals surface area contributed by atoms with Crippen LogP contribution in [0.25, 0.3) is 0 Å². The second-order valence-corrected chi connectivity index (χ2v) is 4.13. The van der Waals surface area contributed by atoms with E-state index in [2.05, 4.69) is 11.9 Å². The first-order chi connectivity index (χ1) is 8.29. The first kappa shape index (κ1) is 16.0. The number of hydrogen-bond donors (Lipinski definition) is 3. The molecule has 0 aliphatic rings. The van der Waals surface area contributed by atoms with E-state index in [1.165, 1.54) is 6.08 Å². The van der Waals surface area contributed by atoms with Gasteiger partial charge in [-0.2, -0.15) is 0 Å². The van der Waals surface area contributed by atoms with Gasteiger partial charge in [0.15, 0.2) is 0 Å². The third-order valence-corrected chi connectivity index (χ3v) is 2.22. The van der Waals surface area contributed by atoms with Crippen LogP contribution >= 0.6 is 0 Å². The molecule has 0 aromatic carbocycles. The van der Waals surface area contributed by atoms with Gasteiger partial charge in [-0.05, 0) is 5.92 Å². The van der Waals surface area contributed by atoms with Gasteiger partial charge in [-0.15, -0.1) is 6.58 Å². The van der Waals surface area contributed by atoms with Crippen molar-refractivity contribution in [3.8, 4) is 0 Å². The molecule has 0 aromatic rings. The zero-order valence-corrected chi connectivity index (χ0v) is 10.5. The van der Waals surface area contributed by atoms with Crippen LogP contribution in [-0.2, 0) is 9.59 Å². The van der Waals surface area contributed by atoms with Crippen molar-refractivity contribution in [2.45, 2.75) is 19.9 Å². The fourth-order valence-corrected chi connectivity index (χ4v) is 1.42. The van der Waals surface area contributed by atoms with E-state index in [1.54, 1.807) is 13.8 Å². The molecule has 18 heavy (non-hydrogen) atoms. The average Bonchev–Trinajstić information content (AvgIpc) is 2.23. The number of nitrogens with zero attached hydrogens (tertiary/aromatic N) is 1. The van der Waals surface area contributed by atoms with Gasteiger partial charge in [-0.25, -0.2) is 4.79 Å². The molecule has 1 unspecified atom stereocenters. The molecule has 0 rings (SSSR count). The summed E-state index contributed by atoms with van der Waals surface area (Å²) in [6.45, 7) is 6.55. The molecular formula is C11H19N3O4. The van der Waals surface area contributed by atoms with E-state index < -0.39 is 30.5 Å². The minimum atomic E-state index is -1.13. The number of carbonyl (C=O) groups excluding carboxylic acids is 2. The molecule has 0 saturated heterocycles. The van der Waals surface area contributed by atoms with Gasteiger partial charge in [0.25, 0.3) is 0 Å². The first-order valence-electron chi connectivity index (χ1n) is 5.47. The van der Waals surface area contributed by atoms with Crippen LogP contribution in [0.5, 0.6) is 0 Å². The van der Waals surface area contributed by atoms with E-state index >= 15 is 0 Å². The second-order valence-electron chi connectivity index (χ2n) is 4.13. The molecule has 3 amide bonds. The van der Waals surface area contributed by atoms with Crippen molar-refractivity contribution >= 4 is 17.9 Å². The highest BCUT2D eigenvalue weighted by molar-refractivity contribution is 5.89. The van der Waals surface area contributed by atoms with Gasteiger partial charge in [0.2, 0.25) is 5.91 Å². The lowest BCUT2D eigenvalue weighted by atomic mass is 10.0. The Balaban J connectivity index is 4.92. The summed E-state index contributed by atoms with van der Waals surface area (Å²) in [5, 5.41) is 11.0. The maximum atomic E-state index is 12.1. The Hall–Kier alpha value is -2.05. The summed E-state index contributed by atoms with van der Waals surface area (Å²) in [5.41, 5.74) is 4.99. The topological polar surface area (TPSA) is 113 Å². The van der Waals surface area contributed by atoms with Crippen LogP contribution in [-0.4, -0.2) is 47.0 Å². The van der Waals surface area contributed by atoms with Crippen LogP contribution in [0.1, 0.15) is 13.8 Å². The Bertz CT molecular complexity index is 341. The van der Waals surface area contributed by atoms with Crippen molar-refractivity contribution in [3.05, 3.63) is 12.7 Å². The Morgan fingerprint density at radius 3 is 2.33 bits per heavy atom. The van der Waals surface area contributed by atoms with Crippen LogP contribution in [0.3, 0.4) is 0 Å². The molecule has 0 radical (unpaired) electrons. The number of nitrogens with one attached hydrogen (secondary N) is 1. The Morgan fingerprint density at radius 2 is 2.00 bits per heavy atom. The van der Waals surface area contributed by atoms with E-state index in [0.29, 0.717) is 0 Å². The normalized spacial score (nSPS) is 11.7. The van der Waals surface area contributed by atoms with Gasteiger partial charge in [-0.1, -0.05) is 19.9 Å². The molecule has 0 saturated carbocycles. The predicted octanol–water partition coefficient (Wildman–Crippen LogP) is -0.221. The lowest BCUT2D eigenvalue weighted by Crippen LogP contribution is -2.53. The zero-order chi connectivity index (χ0) is 14.3. The summed E-state index contributed by atoms with van der Waals surface area (Å²) >= 11 is 0. The van der Waals surface area contributed by atoms with Crippen LogP contribution < -0.4 is 11.1 Å². The number of amides is 3. The van der Waals surface area contributed by atoms with Gasteiger partial charge in [0, 0.05) is 6.54 Å². The molecule has 102 valence electrons. The summed E-state index contributed by atoms with van der Waals surface area (Å²) < 4.78 is 0. The molecule has 0 aliphatic carbocycles. The van der Waals surface area contributed by atoms with Crippen LogP contribution in [0.4, 0.5) is 4.79 Å². The minimum Gasteiger partial charge on any atom is -0.480 e. The maximum absolute atomic E-state index is 12.1. The fraction of sp³-hybridized carbons (Fsp3) is 0.545. The molecule has 4 N–H and O–H groups in total. The number of carboxylic acid groups (broad SMARTS) is 1. The molecule has 1 atom stereocenters. The summed E-state index contributed by atoms with van der Waals surface area (Å²) in [6, 6.07) is -1.67. The minimum absolute atomic E-state index is 0.0921. The monoisotopic (exact) mass is 257 g/mol. The van der Waals surface area contributed by atoms with Crippen LogP contribution in [0.15, 0.2) is 12.7 Å². The molecule has 0 aromatic heterocycles. The number of carbonyl (C=O) groups is 3. The van der Waals surface area contributed by atoms with E-state index in [4.69, 9.17) is 10.8 Å². The predicted molar refractivity (Wildman–Crippen MR) is 65.8 cm³/mol.